The summed E-state index contributed by atoms with van der Waals surface area (Å²) in [6, 6.07) is 9.73. The van der Waals surface area contributed by atoms with Crippen LogP contribution in [0.3, 0.4) is 0 Å². The van der Waals surface area contributed by atoms with E-state index in [1.54, 1.807) is 0 Å². The summed E-state index contributed by atoms with van der Waals surface area (Å²) in [6.45, 7) is 12.4. The molecular formula is C19H33N. The molecule has 0 amide bonds. The van der Waals surface area contributed by atoms with Crippen molar-refractivity contribution in [3.63, 3.8) is 0 Å². The van der Waals surface area contributed by atoms with Crippen LogP contribution in [0.4, 0.5) is 0 Å². The topological polar surface area (TPSA) is 12.0 Å². The van der Waals surface area contributed by atoms with E-state index in [9.17, 15) is 0 Å². The number of hydrogen-bond acceptors (Lipinski definition) is 1. The van der Waals surface area contributed by atoms with Crippen molar-refractivity contribution in [1.29, 1.82) is 0 Å². The Morgan fingerprint density at radius 1 is 1.00 bits per heavy atom. The minimum Gasteiger partial charge on any atom is -0.310 e. The maximum Gasteiger partial charge on any atom is 0.0207 e. The fourth-order valence-electron chi connectivity index (χ4n) is 2.48. The van der Waals surface area contributed by atoms with Crippen LogP contribution in [0, 0.1) is 5.41 Å². The summed E-state index contributed by atoms with van der Waals surface area (Å²) in [4.78, 5) is 0. The van der Waals surface area contributed by atoms with Crippen molar-refractivity contribution in [1.82, 2.24) is 5.32 Å². The number of hydrogen-bond donors (Lipinski definition) is 1. The van der Waals surface area contributed by atoms with Crippen LogP contribution in [0.15, 0.2) is 24.3 Å². The molecule has 0 aromatic heterocycles. The molecule has 1 unspecified atom stereocenters. The Bertz CT molecular complexity index is 358. The third kappa shape index (κ3) is 7.69. The highest BCUT2D eigenvalue weighted by Crippen LogP contribution is 2.20. The van der Waals surface area contributed by atoms with Crippen LogP contribution in [0.25, 0.3) is 0 Å². The molecule has 1 N–H and O–H groups in total. The molecule has 20 heavy (non-hydrogen) atoms. The highest BCUT2D eigenvalue weighted by molar-refractivity contribution is 5.23. The van der Waals surface area contributed by atoms with Gasteiger partial charge < -0.3 is 5.32 Å². The fraction of sp³-hybridized carbons (Fsp3) is 0.684. The summed E-state index contributed by atoms with van der Waals surface area (Å²) in [5.41, 5.74) is 3.20. The van der Waals surface area contributed by atoms with Crippen LogP contribution in [0.2, 0.25) is 0 Å². The molecule has 114 valence electrons. The van der Waals surface area contributed by atoms with E-state index in [1.807, 2.05) is 0 Å². The van der Waals surface area contributed by atoms with Gasteiger partial charge in [-0.15, -0.1) is 0 Å². The van der Waals surface area contributed by atoms with Gasteiger partial charge in [0.1, 0.15) is 0 Å². The van der Waals surface area contributed by atoms with Gasteiger partial charge in [0.05, 0.1) is 0 Å². The van der Waals surface area contributed by atoms with Crippen LogP contribution in [0.1, 0.15) is 71.4 Å². The molecule has 0 aliphatic carbocycles. The van der Waals surface area contributed by atoms with E-state index >= 15 is 0 Å². The lowest BCUT2D eigenvalue weighted by molar-refractivity contribution is 0.411. The summed E-state index contributed by atoms with van der Waals surface area (Å²) in [7, 11) is 0. The zero-order chi connectivity index (χ0) is 15.0. The molecule has 0 saturated carbocycles. The Hall–Kier alpha value is -0.820. The Morgan fingerprint density at radius 3 is 2.15 bits per heavy atom. The normalized spacial score (nSPS) is 13.4. The van der Waals surface area contributed by atoms with E-state index in [-0.39, 0.29) is 0 Å². The third-order valence-electron chi connectivity index (χ3n) is 3.65. The zero-order valence-corrected chi connectivity index (χ0v) is 14.1. The molecule has 0 saturated heterocycles. The van der Waals surface area contributed by atoms with Crippen molar-refractivity contribution < 1.29 is 0 Å². The quantitative estimate of drug-likeness (QED) is 0.632. The van der Waals surface area contributed by atoms with Crippen molar-refractivity contribution >= 4 is 0 Å². The van der Waals surface area contributed by atoms with Gasteiger partial charge in [0.15, 0.2) is 0 Å². The zero-order valence-electron chi connectivity index (χ0n) is 14.1. The van der Waals surface area contributed by atoms with Gasteiger partial charge in [-0.2, -0.15) is 0 Å². The van der Waals surface area contributed by atoms with Crippen molar-refractivity contribution in [3.05, 3.63) is 35.4 Å². The second-order valence-corrected chi connectivity index (χ2v) is 7.33. The first kappa shape index (κ1) is 17.2. The molecule has 0 spiro atoms. The minimum absolute atomic E-state index is 0.369. The second kappa shape index (κ2) is 8.46. The lowest BCUT2D eigenvalue weighted by Crippen LogP contribution is -2.25. The number of benzene rings is 1. The van der Waals surface area contributed by atoms with Crippen LogP contribution < -0.4 is 5.32 Å². The molecule has 0 aliphatic rings. The maximum absolute atomic E-state index is 3.63. The van der Waals surface area contributed by atoms with Crippen LogP contribution in [-0.4, -0.2) is 6.04 Å². The summed E-state index contributed by atoms with van der Waals surface area (Å²) in [5.74, 6) is 0. The largest absolute Gasteiger partial charge is 0.310 e. The number of nitrogens with one attached hydrogen (secondary N) is 1. The molecule has 1 aromatic rings. The Morgan fingerprint density at radius 2 is 1.60 bits per heavy atom. The highest BCUT2D eigenvalue weighted by Gasteiger charge is 2.10. The van der Waals surface area contributed by atoms with Crippen LogP contribution in [-0.2, 0) is 13.0 Å². The molecule has 1 rings (SSSR count). The number of rotatable bonds is 8. The van der Waals surface area contributed by atoms with Gasteiger partial charge in [-0.1, -0.05) is 71.2 Å². The molecule has 0 heterocycles. The van der Waals surface area contributed by atoms with Crippen molar-refractivity contribution in [2.45, 2.75) is 79.3 Å². The average molecular weight is 275 g/mol. The van der Waals surface area contributed by atoms with Crippen LogP contribution in [0.5, 0.6) is 0 Å². The SMILES string of the molecule is CCCCCC(C)NCc1ccc(CC(C)(C)C)cc1. The molecular weight excluding hydrogens is 242 g/mol. The molecule has 1 nitrogen and oxygen atoms in total. The third-order valence-corrected chi connectivity index (χ3v) is 3.65. The molecule has 0 radical (unpaired) electrons. The molecule has 0 bridgehead atoms. The number of unbranched alkanes of at least 4 members (excludes halogenated alkanes) is 2. The summed E-state index contributed by atoms with van der Waals surface area (Å²) in [5, 5.41) is 3.63. The van der Waals surface area contributed by atoms with E-state index in [0.29, 0.717) is 11.5 Å². The van der Waals surface area contributed by atoms with Crippen molar-refractivity contribution in [2.24, 2.45) is 5.41 Å². The fourth-order valence-corrected chi connectivity index (χ4v) is 2.48. The molecule has 1 atom stereocenters. The van der Waals surface area contributed by atoms with Gasteiger partial charge in [-0.25, -0.2) is 0 Å². The minimum atomic E-state index is 0.369. The van der Waals surface area contributed by atoms with E-state index in [4.69, 9.17) is 0 Å². The summed E-state index contributed by atoms with van der Waals surface area (Å²) in [6.07, 6.45) is 6.44. The lowest BCUT2D eigenvalue weighted by atomic mass is 9.88. The van der Waals surface area contributed by atoms with E-state index in [0.717, 1.165) is 13.0 Å². The second-order valence-electron chi connectivity index (χ2n) is 7.33. The highest BCUT2D eigenvalue weighted by atomic mass is 14.9. The van der Waals surface area contributed by atoms with E-state index < -0.39 is 0 Å². The standard InChI is InChI=1S/C19H33N/c1-6-7-8-9-16(2)20-15-18-12-10-17(11-13-18)14-19(3,4)5/h10-13,16,20H,6-9,14-15H2,1-5H3. The summed E-state index contributed by atoms with van der Waals surface area (Å²) < 4.78 is 0. The molecule has 0 aliphatic heterocycles. The van der Waals surface area contributed by atoms with Gasteiger partial charge in [0.2, 0.25) is 0 Å². The van der Waals surface area contributed by atoms with Crippen LogP contribution >= 0.6 is 0 Å². The predicted octanol–water partition coefficient (Wildman–Crippen LogP) is 5.33. The summed E-state index contributed by atoms with van der Waals surface area (Å²) >= 11 is 0. The first-order chi connectivity index (χ1) is 9.40. The first-order valence-electron chi connectivity index (χ1n) is 8.22. The smallest absolute Gasteiger partial charge is 0.0207 e. The van der Waals surface area contributed by atoms with E-state index in [1.165, 1.54) is 36.8 Å². The van der Waals surface area contributed by atoms with Gasteiger partial charge in [-0.05, 0) is 36.3 Å². The molecule has 1 heteroatoms. The average Bonchev–Trinajstić information content (AvgIpc) is 2.36. The van der Waals surface area contributed by atoms with Gasteiger partial charge in [0, 0.05) is 12.6 Å². The van der Waals surface area contributed by atoms with Gasteiger partial charge >= 0.3 is 0 Å². The first-order valence-corrected chi connectivity index (χ1v) is 8.22. The van der Waals surface area contributed by atoms with Gasteiger partial charge in [0.25, 0.3) is 0 Å². The molecule has 1 aromatic carbocycles. The molecule has 0 fully saturated rings. The predicted molar refractivity (Wildman–Crippen MR) is 90.0 cm³/mol. The lowest BCUT2D eigenvalue weighted by Gasteiger charge is -2.18. The van der Waals surface area contributed by atoms with E-state index in [2.05, 4.69) is 64.2 Å². The Balaban J connectivity index is 2.34. The van der Waals surface area contributed by atoms with Gasteiger partial charge in [-0.3, -0.25) is 0 Å². The van der Waals surface area contributed by atoms with Crippen molar-refractivity contribution in [2.75, 3.05) is 0 Å². The van der Waals surface area contributed by atoms with Crippen molar-refractivity contribution in [3.8, 4) is 0 Å². The monoisotopic (exact) mass is 275 g/mol. The maximum atomic E-state index is 3.63. The Labute approximate surface area is 126 Å². The Kier molecular flexibility index (Phi) is 7.29.